The summed E-state index contributed by atoms with van der Waals surface area (Å²) >= 11 is 3.23. The molecule has 0 aromatic carbocycles. The molecule has 90 valence electrons. The maximum atomic E-state index is 10.8. The van der Waals surface area contributed by atoms with E-state index in [1.54, 1.807) is 6.07 Å². The standard InChI is InChI=1S/C8H13BrN4O2S/c1-16(14,15)13-4-2-3-10-8-5-7(9)11-6-12-8/h5-6,13H,2-4H2,1H3,(H,10,11,12). The van der Waals surface area contributed by atoms with E-state index in [2.05, 4.69) is 35.9 Å². The van der Waals surface area contributed by atoms with Gasteiger partial charge in [-0.05, 0) is 22.4 Å². The highest BCUT2D eigenvalue weighted by Gasteiger charge is 1.99. The number of hydrogen-bond acceptors (Lipinski definition) is 5. The van der Waals surface area contributed by atoms with Gasteiger partial charge in [-0.2, -0.15) is 0 Å². The molecule has 0 fully saturated rings. The minimum Gasteiger partial charge on any atom is -0.370 e. The number of hydrogen-bond donors (Lipinski definition) is 2. The van der Waals surface area contributed by atoms with Crippen molar-refractivity contribution in [2.45, 2.75) is 6.42 Å². The molecule has 8 heteroatoms. The first-order valence-corrected chi connectivity index (χ1v) is 7.32. The molecule has 0 radical (unpaired) electrons. The molecular weight excluding hydrogens is 296 g/mol. The van der Waals surface area contributed by atoms with Gasteiger partial charge in [0.1, 0.15) is 16.7 Å². The van der Waals surface area contributed by atoms with Crippen molar-refractivity contribution in [1.82, 2.24) is 14.7 Å². The number of halogens is 1. The maximum absolute atomic E-state index is 10.8. The van der Waals surface area contributed by atoms with Gasteiger partial charge in [0.15, 0.2) is 0 Å². The van der Waals surface area contributed by atoms with E-state index in [1.807, 2.05) is 0 Å². The largest absolute Gasteiger partial charge is 0.370 e. The van der Waals surface area contributed by atoms with Crippen molar-refractivity contribution in [2.24, 2.45) is 0 Å². The van der Waals surface area contributed by atoms with Gasteiger partial charge in [0.2, 0.25) is 10.0 Å². The van der Waals surface area contributed by atoms with Crippen LogP contribution in [-0.2, 0) is 10.0 Å². The molecule has 1 aromatic heterocycles. The van der Waals surface area contributed by atoms with E-state index in [0.717, 1.165) is 6.26 Å². The topological polar surface area (TPSA) is 84.0 Å². The van der Waals surface area contributed by atoms with E-state index >= 15 is 0 Å². The number of nitrogens with one attached hydrogen (secondary N) is 2. The van der Waals surface area contributed by atoms with Crippen LogP contribution in [0.15, 0.2) is 17.0 Å². The molecule has 0 spiro atoms. The van der Waals surface area contributed by atoms with Gasteiger partial charge in [-0.3, -0.25) is 0 Å². The summed E-state index contributed by atoms with van der Waals surface area (Å²) in [5.41, 5.74) is 0. The summed E-state index contributed by atoms with van der Waals surface area (Å²) in [5.74, 6) is 0.709. The monoisotopic (exact) mass is 308 g/mol. The van der Waals surface area contributed by atoms with Crippen molar-refractivity contribution in [3.8, 4) is 0 Å². The van der Waals surface area contributed by atoms with Crippen LogP contribution in [0.1, 0.15) is 6.42 Å². The van der Waals surface area contributed by atoms with Crippen LogP contribution in [0.25, 0.3) is 0 Å². The van der Waals surface area contributed by atoms with Gasteiger partial charge in [-0.15, -0.1) is 0 Å². The highest BCUT2D eigenvalue weighted by atomic mass is 79.9. The molecule has 0 atom stereocenters. The summed E-state index contributed by atoms with van der Waals surface area (Å²) in [6, 6.07) is 1.75. The molecule has 0 aliphatic heterocycles. The molecule has 0 aliphatic carbocycles. The summed E-state index contributed by atoms with van der Waals surface area (Å²) < 4.78 is 24.6. The van der Waals surface area contributed by atoms with Crippen molar-refractivity contribution < 1.29 is 8.42 Å². The normalized spacial score (nSPS) is 11.4. The third-order valence-electron chi connectivity index (χ3n) is 1.66. The van der Waals surface area contributed by atoms with Crippen molar-refractivity contribution >= 4 is 31.8 Å². The molecule has 1 heterocycles. The third kappa shape index (κ3) is 5.99. The minimum absolute atomic E-state index is 0.415. The lowest BCUT2D eigenvalue weighted by Crippen LogP contribution is -2.24. The van der Waals surface area contributed by atoms with Crippen LogP contribution < -0.4 is 10.0 Å². The lowest BCUT2D eigenvalue weighted by Gasteiger charge is -2.05. The predicted octanol–water partition coefficient (Wildman–Crippen LogP) is 0.590. The molecule has 1 rings (SSSR count). The Bertz CT molecular complexity index is 437. The number of rotatable bonds is 6. The van der Waals surface area contributed by atoms with Crippen LogP contribution in [0.2, 0.25) is 0 Å². The molecule has 2 N–H and O–H groups in total. The highest BCUT2D eigenvalue weighted by molar-refractivity contribution is 9.10. The Morgan fingerprint density at radius 3 is 2.75 bits per heavy atom. The van der Waals surface area contributed by atoms with Crippen molar-refractivity contribution in [3.63, 3.8) is 0 Å². The van der Waals surface area contributed by atoms with E-state index in [0.29, 0.717) is 29.9 Å². The van der Waals surface area contributed by atoms with Gasteiger partial charge >= 0.3 is 0 Å². The van der Waals surface area contributed by atoms with Crippen molar-refractivity contribution in [2.75, 3.05) is 24.7 Å². The molecule has 0 amide bonds. The van der Waals surface area contributed by atoms with E-state index in [9.17, 15) is 8.42 Å². The first kappa shape index (κ1) is 13.3. The summed E-state index contributed by atoms with van der Waals surface area (Å²) in [5, 5.41) is 3.06. The molecule has 0 bridgehead atoms. The molecule has 0 aliphatic rings. The molecule has 1 aromatic rings. The summed E-state index contributed by atoms with van der Waals surface area (Å²) in [4.78, 5) is 7.89. The van der Waals surface area contributed by atoms with E-state index in [-0.39, 0.29) is 0 Å². The van der Waals surface area contributed by atoms with Crippen LogP contribution in [0.4, 0.5) is 5.82 Å². The van der Waals surface area contributed by atoms with E-state index in [4.69, 9.17) is 0 Å². The van der Waals surface area contributed by atoms with E-state index < -0.39 is 10.0 Å². The zero-order chi connectivity index (χ0) is 12.0. The van der Waals surface area contributed by atoms with Gasteiger partial charge < -0.3 is 5.32 Å². The number of sulfonamides is 1. The van der Waals surface area contributed by atoms with E-state index in [1.165, 1.54) is 6.33 Å². The predicted molar refractivity (Wildman–Crippen MR) is 65.7 cm³/mol. The lowest BCUT2D eigenvalue weighted by atomic mass is 10.4. The molecule has 0 saturated heterocycles. The van der Waals surface area contributed by atoms with Gasteiger partial charge in [-0.25, -0.2) is 23.1 Å². The van der Waals surface area contributed by atoms with Crippen LogP contribution >= 0.6 is 15.9 Å². The molecule has 0 saturated carbocycles. The Kier molecular flexibility index (Phi) is 5.10. The Labute approximate surface area is 103 Å². The molecule has 16 heavy (non-hydrogen) atoms. The molecule has 6 nitrogen and oxygen atoms in total. The Morgan fingerprint density at radius 1 is 1.38 bits per heavy atom. The van der Waals surface area contributed by atoms with Gasteiger partial charge in [-0.1, -0.05) is 0 Å². The minimum atomic E-state index is -3.09. The molecular formula is C8H13BrN4O2S. The average Bonchev–Trinajstić information content (AvgIpc) is 2.15. The molecule has 0 unspecified atom stereocenters. The first-order chi connectivity index (χ1) is 7.47. The summed E-state index contributed by atoms with van der Waals surface area (Å²) in [6.07, 6.45) is 3.28. The fourth-order valence-corrected chi connectivity index (χ4v) is 1.82. The average molecular weight is 309 g/mol. The van der Waals surface area contributed by atoms with Gasteiger partial charge in [0.25, 0.3) is 0 Å². The second-order valence-corrected chi connectivity index (χ2v) is 5.82. The fourth-order valence-electron chi connectivity index (χ4n) is 0.993. The van der Waals surface area contributed by atoms with Crippen molar-refractivity contribution in [1.29, 1.82) is 0 Å². The second-order valence-electron chi connectivity index (χ2n) is 3.17. The smallest absolute Gasteiger partial charge is 0.208 e. The third-order valence-corrected chi connectivity index (χ3v) is 2.82. The fraction of sp³-hybridized carbons (Fsp3) is 0.500. The van der Waals surface area contributed by atoms with Crippen LogP contribution in [0.5, 0.6) is 0 Å². The lowest BCUT2D eigenvalue weighted by molar-refractivity contribution is 0.586. The zero-order valence-corrected chi connectivity index (χ0v) is 11.2. The number of nitrogens with zero attached hydrogens (tertiary/aromatic N) is 2. The highest BCUT2D eigenvalue weighted by Crippen LogP contribution is 2.08. The Morgan fingerprint density at radius 2 is 2.12 bits per heavy atom. The first-order valence-electron chi connectivity index (χ1n) is 4.63. The summed E-state index contributed by atoms with van der Waals surface area (Å²) in [7, 11) is -3.09. The zero-order valence-electron chi connectivity index (χ0n) is 8.77. The number of aromatic nitrogens is 2. The van der Waals surface area contributed by atoms with Gasteiger partial charge in [0, 0.05) is 19.2 Å². The quantitative estimate of drug-likeness (QED) is 0.593. The van der Waals surface area contributed by atoms with Crippen LogP contribution in [0, 0.1) is 0 Å². The maximum Gasteiger partial charge on any atom is 0.208 e. The SMILES string of the molecule is CS(=O)(=O)NCCCNc1cc(Br)ncn1. The number of anilines is 1. The second kappa shape index (κ2) is 6.12. The van der Waals surface area contributed by atoms with Gasteiger partial charge in [0.05, 0.1) is 6.26 Å². The van der Waals surface area contributed by atoms with Crippen LogP contribution in [-0.4, -0.2) is 37.7 Å². The summed E-state index contributed by atoms with van der Waals surface area (Å²) in [6.45, 7) is 1.06. The van der Waals surface area contributed by atoms with Crippen molar-refractivity contribution in [3.05, 3.63) is 17.0 Å². The Balaban J connectivity index is 2.21. The Hall–Kier alpha value is -0.730. The van der Waals surface area contributed by atoms with Crippen LogP contribution in [0.3, 0.4) is 0 Å².